The zero-order valence-corrected chi connectivity index (χ0v) is 14.1. The smallest absolute Gasteiger partial charge is 0.0749 e. The fourth-order valence-corrected chi connectivity index (χ4v) is 3.13. The van der Waals surface area contributed by atoms with E-state index in [-0.39, 0.29) is 5.60 Å². The molecule has 0 amide bonds. The number of nitrogens with zero attached hydrogens (tertiary/aromatic N) is 1. The van der Waals surface area contributed by atoms with Gasteiger partial charge in [-0.15, -0.1) is 0 Å². The molecular weight excluding hydrogens is 260 g/mol. The molecule has 3 nitrogen and oxygen atoms in total. The van der Waals surface area contributed by atoms with E-state index in [0.29, 0.717) is 18.0 Å². The van der Waals surface area contributed by atoms with Crippen molar-refractivity contribution in [1.29, 1.82) is 0 Å². The van der Waals surface area contributed by atoms with Crippen molar-refractivity contribution in [3.8, 4) is 0 Å². The molecule has 1 saturated heterocycles. The van der Waals surface area contributed by atoms with Crippen LogP contribution >= 0.6 is 0 Å². The van der Waals surface area contributed by atoms with E-state index in [0.717, 1.165) is 19.6 Å². The van der Waals surface area contributed by atoms with E-state index >= 15 is 0 Å². The highest BCUT2D eigenvalue weighted by molar-refractivity contribution is 5.20. The molecular formula is C18H30N2O. The van der Waals surface area contributed by atoms with Crippen LogP contribution in [0.25, 0.3) is 0 Å². The third kappa shape index (κ3) is 4.29. The number of nitrogens with one attached hydrogen (secondary N) is 1. The van der Waals surface area contributed by atoms with Crippen LogP contribution in [0.2, 0.25) is 0 Å². The Morgan fingerprint density at radius 2 is 1.95 bits per heavy atom. The first-order chi connectivity index (χ1) is 9.93. The third-order valence-corrected chi connectivity index (χ3v) is 4.57. The van der Waals surface area contributed by atoms with Gasteiger partial charge < -0.3 is 10.1 Å². The molecule has 0 radical (unpaired) electrons. The van der Waals surface area contributed by atoms with Crippen LogP contribution in [0.15, 0.2) is 30.3 Å². The number of piperazine rings is 1. The van der Waals surface area contributed by atoms with Gasteiger partial charge in [0.15, 0.2) is 0 Å². The minimum absolute atomic E-state index is 0.105. The topological polar surface area (TPSA) is 24.5 Å². The molecule has 0 saturated carbocycles. The molecule has 1 heterocycles. The van der Waals surface area contributed by atoms with Gasteiger partial charge in [-0.05, 0) is 25.3 Å². The Morgan fingerprint density at radius 3 is 2.52 bits per heavy atom. The summed E-state index contributed by atoms with van der Waals surface area (Å²) in [6.45, 7) is 12.0. The predicted octanol–water partition coefficient (Wildman–Crippen LogP) is 3.08. The van der Waals surface area contributed by atoms with Crippen molar-refractivity contribution in [2.45, 2.75) is 45.4 Å². The monoisotopic (exact) mass is 290 g/mol. The summed E-state index contributed by atoms with van der Waals surface area (Å²) in [6.07, 6.45) is 0. The summed E-state index contributed by atoms with van der Waals surface area (Å²) in [5, 5.41) is 3.72. The molecule has 1 aromatic carbocycles. The summed E-state index contributed by atoms with van der Waals surface area (Å²) in [7, 11) is 1.81. The molecule has 1 fully saturated rings. The standard InChI is InChI=1S/C18H30N2O/c1-14(2)17-11-19-16(15-9-7-6-8-10-15)12-20(17)13-18(3,4)21-5/h6-10,14,16-17,19H,11-13H2,1-5H3. The molecule has 2 unspecified atom stereocenters. The molecule has 2 atom stereocenters. The molecule has 0 aromatic heterocycles. The van der Waals surface area contributed by atoms with E-state index in [9.17, 15) is 0 Å². The Bertz CT molecular complexity index is 430. The minimum atomic E-state index is -0.105. The van der Waals surface area contributed by atoms with Crippen LogP contribution < -0.4 is 5.32 Å². The highest BCUT2D eigenvalue weighted by Crippen LogP contribution is 2.25. The van der Waals surface area contributed by atoms with Gasteiger partial charge in [0, 0.05) is 38.8 Å². The van der Waals surface area contributed by atoms with Gasteiger partial charge in [0.25, 0.3) is 0 Å². The molecule has 2 rings (SSSR count). The van der Waals surface area contributed by atoms with Crippen LogP contribution in [0, 0.1) is 5.92 Å². The maximum Gasteiger partial charge on any atom is 0.0749 e. The summed E-state index contributed by atoms with van der Waals surface area (Å²) in [4.78, 5) is 2.60. The Hall–Kier alpha value is -0.900. The lowest BCUT2D eigenvalue weighted by molar-refractivity contribution is -0.0335. The molecule has 1 aliphatic rings. The SMILES string of the molecule is COC(C)(C)CN1CC(c2ccccc2)NCC1C(C)C. The zero-order chi connectivity index (χ0) is 15.5. The largest absolute Gasteiger partial charge is 0.377 e. The fourth-order valence-electron chi connectivity index (χ4n) is 3.13. The number of hydrogen-bond donors (Lipinski definition) is 1. The van der Waals surface area contributed by atoms with E-state index < -0.39 is 0 Å². The van der Waals surface area contributed by atoms with E-state index in [2.05, 4.69) is 68.2 Å². The van der Waals surface area contributed by atoms with Crippen molar-refractivity contribution in [3.63, 3.8) is 0 Å². The van der Waals surface area contributed by atoms with Crippen LogP contribution in [-0.2, 0) is 4.74 Å². The van der Waals surface area contributed by atoms with Crippen molar-refractivity contribution in [1.82, 2.24) is 10.2 Å². The van der Waals surface area contributed by atoms with E-state index in [1.165, 1.54) is 5.56 Å². The van der Waals surface area contributed by atoms with Crippen LogP contribution in [0.1, 0.15) is 39.3 Å². The number of benzene rings is 1. The molecule has 3 heteroatoms. The number of hydrogen-bond acceptors (Lipinski definition) is 3. The highest BCUT2D eigenvalue weighted by Gasteiger charge is 2.33. The van der Waals surface area contributed by atoms with Crippen molar-refractivity contribution in [2.24, 2.45) is 5.92 Å². The van der Waals surface area contributed by atoms with Gasteiger partial charge in [0.1, 0.15) is 0 Å². The lowest BCUT2D eigenvalue weighted by Gasteiger charge is -2.45. The van der Waals surface area contributed by atoms with Crippen molar-refractivity contribution in [2.75, 3.05) is 26.7 Å². The van der Waals surface area contributed by atoms with E-state index in [4.69, 9.17) is 4.74 Å². The average molecular weight is 290 g/mol. The molecule has 118 valence electrons. The van der Waals surface area contributed by atoms with Crippen LogP contribution in [0.4, 0.5) is 0 Å². The average Bonchev–Trinajstić information content (AvgIpc) is 2.47. The first-order valence-corrected chi connectivity index (χ1v) is 8.00. The summed E-state index contributed by atoms with van der Waals surface area (Å²) in [5.41, 5.74) is 1.27. The first kappa shape index (κ1) is 16.5. The lowest BCUT2D eigenvalue weighted by Crippen LogP contribution is -2.58. The number of rotatable bonds is 5. The number of ether oxygens (including phenoxy) is 1. The van der Waals surface area contributed by atoms with Gasteiger partial charge in [-0.2, -0.15) is 0 Å². The normalized spacial score (nSPS) is 24.5. The van der Waals surface area contributed by atoms with Crippen molar-refractivity contribution in [3.05, 3.63) is 35.9 Å². The van der Waals surface area contributed by atoms with Crippen molar-refractivity contribution < 1.29 is 4.74 Å². The molecule has 0 bridgehead atoms. The van der Waals surface area contributed by atoms with E-state index in [1.54, 1.807) is 7.11 Å². The van der Waals surface area contributed by atoms with Crippen molar-refractivity contribution >= 4 is 0 Å². The summed E-state index contributed by atoms with van der Waals surface area (Å²) >= 11 is 0. The second-order valence-electron chi connectivity index (χ2n) is 7.08. The number of methoxy groups -OCH3 is 1. The molecule has 1 N–H and O–H groups in total. The highest BCUT2D eigenvalue weighted by atomic mass is 16.5. The summed E-state index contributed by atoms with van der Waals surface area (Å²) in [5.74, 6) is 0.641. The van der Waals surface area contributed by atoms with Crippen LogP contribution in [-0.4, -0.2) is 43.3 Å². The summed E-state index contributed by atoms with van der Waals surface area (Å²) < 4.78 is 5.65. The van der Waals surface area contributed by atoms with Crippen LogP contribution in [0.3, 0.4) is 0 Å². The summed E-state index contributed by atoms with van der Waals surface area (Å²) in [6, 6.07) is 11.7. The van der Waals surface area contributed by atoms with Gasteiger partial charge in [-0.1, -0.05) is 44.2 Å². The predicted molar refractivity (Wildman–Crippen MR) is 88.5 cm³/mol. The van der Waals surface area contributed by atoms with Gasteiger partial charge in [-0.25, -0.2) is 0 Å². The zero-order valence-electron chi connectivity index (χ0n) is 14.1. The molecule has 0 spiro atoms. The Morgan fingerprint density at radius 1 is 1.29 bits per heavy atom. The quantitative estimate of drug-likeness (QED) is 0.902. The van der Waals surface area contributed by atoms with E-state index in [1.807, 2.05) is 0 Å². The third-order valence-electron chi connectivity index (χ3n) is 4.57. The Labute approximate surface area is 129 Å². The Kier molecular flexibility index (Phi) is 5.42. The lowest BCUT2D eigenvalue weighted by atomic mass is 9.94. The first-order valence-electron chi connectivity index (χ1n) is 8.00. The van der Waals surface area contributed by atoms with Gasteiger partial charge >= 0.3 is 0 Å². The maximum atomic E-state index is 5.65. The second kappa shape index (κ2) is 6.91. The van der Waals surface area contributed by atoms with Gasteiger partial charge in [-0.3, -0.25) is 4.90 Å². The van der Waals surface area contributed by atoms with Gasteiger partial charge in [0.2, 0.25) is 0 Å². The molecule has 1 aromatic rings. The maximum absolute atomic E-state index is 5.65. The molecule has 21 heavy (non-hydrogen) atoms. The molecule has 1 aliphatic heterocycles. The second-order valence-corrected chi connectivity index (χ2v) is 7.08. The fraction of sp³-hybridized carbons (Fsp3) is 0.667. The Balaban J connectivity index is 2.12. The van der Waals surface area contributed by atoms with Crippen LogP contribution in [0.5, 0.6) is 0 Å². The van der Waals surface area contributed by atoms with Gasteiger partial charge in [0.05, 0.1) is 5.60 Å². The molecule has 0 aliphatic carbocycles. The minimum Gasteiger partial charge on any atom is -0.377 e.